The van der Waals surface area contributed by atoms with Crippen molar-refractivity contribution >= 4 is 11.3 Å². The van der Waals surface area contributed by atoms with Crippen LogP contribution in [0.4, 0.5) is 0 Å². The Morgan fingerprint density at radius 3 is 2.00 bits per heavy atom. The molecule has 0 bridgehead atoms. The molecule has 0 unspecified atom stereocenters. The van der Waals surface area contributed by atoms with Gasteiger partial charge in [0.25, 0.3) is 4.67 Å². The van der Waals surface area contributed by atoms with E-state index in [4.69, 9.17) is 29.3 Å². The predicted molar refractivity (Wildman–Crippen MR) is 64.3 cm³/mol. The van der Waals surface area contributed by atoms with E-state index < -0.39 is 10.2 Å². The fourth-order valence-corrected chi connectivity index (χ4v) is 2.26. The molecule has 0 saturated carbocycles. The molecule has 0 saturated heterocycles. The van der Waals surface area contributed by atoms with Crippen LogP contribution in [0.3, 0.4) is 0 Å². The number of rotatable bonds is 1. The van der Waals surface area contributed by atoms with E-state index in [0.29, 0.717) is 10.2 Å². The van der Waals surface area contributed by atoms with Crippen LogP contribution in [0.2, 0.25) is 0 Å². The quantitative estimate of drug-likeness (QED) is 0.578. The highest BCUT2D eigenvalue weighted by atomic mass is 35.7. The van der Waals surface area contributed by atoms with Crippen LogP contribution >= 0.6 is 11.3 Å². The summed E-state index contributed by atoms with van der Waals surface area (Å²) in [7, 11) is -4.94. The number of nitrogens with two attached hydrogens (primary N) is 1. The Balaban J connectivity index is 0.000000383. The predicted octanol–water partition coefficient (Wildman–Crippen LogP) is -3.50. The number of benzene rings is 1. The Bertz CT molecular complexity index is 696. The molecule has 0 amide bonds. The molecule has 1 aromatic carbocycles. The Hall–Kier alpha value is -1.79. The van der Waals surface area contributed by atoms with Gasteiger partial charge in [-0.1, -0.05) is 41.2 Å². The minimum Gasteiger partial charge on any atom is -0.244 e. The maximum Gasteiger partial charge on any atom is 0.271 e. The van der Waals surface area contributed by atoms with Gasteiger partial charge >= 0.3 is 0 Å². The van der Waals surface area contributed by atoms with Crippen LogP contribution in [0.1, 0.15) is 11.1 Å². The van der Waals surface area contributed by atoms with Crippen LogP contribution in [0.15, 0.2) is 36.4 Å². The van der Waals surface area contributed by atoms with Gasteiger partial charge < -0.3 is 0 Å². The number of hydrogen-bond acceptors (Lipinski definition) is 6. The van der Waals surface area contributed by atoms with Crippen molar-refractivity contribution < 1.29 is 34.3 Å². The average Bonchev–Trinajstić information content (AvgIpc) is 2.37. The smallest absolute Gasteiger partial charge is 0.244 e. The second-order valence-electron chi connectivity index (χ2n) is 3.93. The molecule has 2 rings (SSSR count). The van der Waals surface area contributed by atoms with Crippen LogP contribution in [-0.2, 0) is 0 Å². The summed E-state index contributed by atoms with van der Waals surface area (Å²) < 4.78 is 34.5. The first kappa shape index (κ1) is 17.3. The van der Waals surface area contributed by atoms with Crippen LogP contribution < -0.4 is 28.7 Å². The zero-order chi connectivity index (χ0) is 16.0. The molecule has 0 fully saturated rings. The van der Waals surface area contributed by atoms with Gasteiger partial charge in [-0.3, -0.25) is 0 Å². The third kappa shape index (κ3) is 6.46. The van der Waals surface area contributed by atoms with Gasteiger partial charge in [0.15, 0.2) is 0 Å². The van der Waals surface area contributed by atoms with Crippen molar-refractivity contribution in [2.75, 3.05) is 0 Å². The van der Waals surface area contributed by atoms with E-state index in [1.807, 2.05) is 6.07 Å². The first-order valence-electron chi connectivity index (χ1n) is 5.52. The normalized spacial score (nSPS) is 10.3. The topological polar surface area (TPSA) is 142 Å². The summed E-state index contributed by atoms with van der Waals surface area (Å²) in [6.07, 6.45) is 0. The van der Waals surface area contributed by atoms with Crippen molar-refractivity contribution in [2.45, 2.75) is 6.92 Å². The van der Waals surface area contributed by atoms with E-state index in [1.54, 1.807) is 6.07 Å². The van der Waals surface area contributed by atoms with Crippen molar-refractivity contribution in [3.05, 3.63) is 52.2 Å². The highest BCUT2D eigenvalue weighted by molar-refractivity contribution is 7.12. The fraction of sp³-hybridized carbons (Fsp3) is 0.0769. The molecular formula is C13H11ClN2O4S. The standard InChI is InChI=1S/C13H10N2S.ClHO4/c1-9-2-4-10(5-3-9)12-7-6-11(8-14)13(15)16-12;2-1(3,4)5/h2-7,15H,1H3;(H,2,3,4,5). The second kappa shape index (κ2) is 7.28. The number of nitriles is 1. The molecule has 0 atom stereocenters. The van der Waals surface area contributed by atoms with Gasteiger partial charge in [0.2, 0.25) is 0 Å². The van der Waals surface area contributed by atoms with E-state index in [0.717, 1.165) is 10.4 Å². The molecule has 2 aromatic rings. The van der Waals surface area contributed by atoms with E-state index in [1.165, 1.54) is 16.9 Å². The Labute approximate surface area is 127 Å². The van der Waals surface area contributed by atoms with Crippen LogP contribution in [0, 0.1) is 28.5 Å². The zero-order valence-electron chi connectivity index (χ0n) is 10.9. The van der Waals surface area contributed by atoms with Gasteiger partial charge in [0, 0.05) is 4.88 Å². The lowest BCUT2D eigenvalue weighted by Crippen LogP contribution is -2.68. The number of aryl methyl sites for hydroxylation is 1. The summed E-state index contributed by atoms with van der Waals surface area (Å²) in [6.45, 7) is 2.06. The molecule has 1 heterocycles. The first-order valence-corrected chi connectivity index (χ1v) is 7.57. The molecule has 0 spiro atoms. The lowest BCUT2D eigenvalue weighted by Gasteiger charge is -2.17. The van der Waals surface area contributed by atoms with Gasteiger partial charge in [0.1, 0.15) is 11.6 Å². The first-order chi connectivity index (χ1) is 9.70. The Kier molecular flexibility index (Phi) is 5.99. The molecule has 0 aliphatic rings. The second-order valence-corrected chi connectivity index (χ2v) is 5.77. The average molecular weight is 327 g/mol. The minimum absolute atomic E-state index is 0.542. The minimum atomic E-state index is -4.94. The Morgan fingerprint density at radius 2 is 1.57 bits per heavy atom. The van der Waals surface area contributed by atoms with Gasteiger partial charge in [-0.25, -0.2) is 24.0 Å². The summed E-state index contributed by atoms with van der Waals surface area (Å²) in [4.78, 5) is 1.08. The Morgan fingerprint density at radius 1 is 1.05 bits per heavy atom. The molecule has 1 aromatic heterocycles. The van der Waals surface area contributed by atoms with Crippen LogP contribution in [0.5, 0.6) is 0 Å². The zero-order valence-corrected chi connectivity index (χ0v) is 12.5. The highest BCUT2D eigenvalue weighted by Gasteiger charge is 2.03. The monoisotopic (exact) mass is 326 g/mol. The summed E-state index contributed by atoms with van der Waals surface area (Å²) in [5.41, 5.74) is 2.91. The van der Waals surface area contributed by atoms with Gasteiger partial charge in [0.05, 0.1) is 0 Å². The van der Waals surface area contributed by atoms with Gasteiger partial charge in [-0.15, -0.1) is 10.2 Å². The lowest BCUT2D eigenvalue weighted by atomic mass is 10.1. The molecule has 0 radical (unpaired) electrons. The molecular weight excluding hydrogens is 316 g/mol. The SMILES string of the molecule is Cc1ccc(-c2ccc(C#N)c(=[NH2+])s2)cc1.[O-][Cl+3]([O-])([O-])[O-]. The van der Waals surface area contributed by atoms with E-state index >= 15 is 0 Å². The van der Waals surface area contributed by atoms with Crippen molar-refractivity contribution in [3.8, 4) is 16.5 Å². The number of nitrogens with zero attached hydrogens (tertiary/aromatic N) is 1. The maximum atomic E-state index is 8.79. The van der Waals surface area contributed by atoms with Crippen LogP contribution in [0.25, 0.3) is 10.4 Å². The van der Waals surface area contributed by atoms with Crippen molar-refractivity contribution in [3.63, 3.8) is 0 Å². The van der Waals surface area contributed by atoms with Crippen molar-refractivity contribution in [1.29, 1.82) is 5.26 Å². The lowest BCUT2D eigenvalue weighted by molar-refractivity contribution is -2.00. The number of hydrogen-bond donors (Lipinski definition) is 1. The molecule has 6 nitrogen and oxygen atoms in total. The third-order valence-electron chi connectivity index (χ3n) is 2.34. The van der Waals surface area contributed by atoms with Crippen LogP contribution in [-0.4, -0.2) is 0 Å². The molecule has 110 valence electrons. The van der Waals surface area contributed by atoms with Gasteiger partial charge in [-0.05, 0) is 24.6 Å². The van der Waals surface area contributed by atoms with Crippen molar-refractivity contribution in [1.82, 2.24) is 0 Å². The summed E-state index contributed by atoms with van der Waals surface area (Å²) >= 11 is 1.44. The maximum absolute atomic E-state index is 8.79. The fourth-order valence-electron chi connectivity index (χ4n) is 1.41. The molecule has 2 N–H and O–H groups in total. The summed E-state index contributed by atoms with van der Waals surface area (Å²) in [5, 5.41) is 14.6. The third-order valence-corrected chi connectivity index (χ3v) is 3.37. The molecule has 21 heavy (non-hydrogen) atoms. The van der Waals surface area contributed by atoms with E-state index in [9.17, 15) is 0 Å². The summed E-state index contributed by atoms with van der Waals surface area (Å²) in [5.74, 6) is 0. The van der Waals surface area contributed by atoms with E-state index in [-0.39, 0.29) is 0 Å². The molecule has 8 heteroatoms. The van der Waals surface area contributed by atoms with Crippen molar-refractivity contribution in [2.24, 2.45) is 0 Å². The molecule has 0 aliphatic heterocycles. The number of halogens is 1. The molecule has 0 aliphatic carbocycles. The van der Waals surface area contributed by atoms with Gasteiger partial charge in [-0.2, -0.15) is 5.26 Å². The largest absolute Gasteiger partial charge is 0.271 e. The van der Waals surface area contributed by atoms with E-state index in [2.05, 4.69) is 37.3 Å². The highest BCUT2D eigenvalue weighted by Crippen LogP contribution is 2.21. The summed E-state index contributed by atoms with van der Waals surface area (Å²) in [6, 6.07) is 14.0.